The number of carbonyl (C=O) groups excluding carboxylic acids is 2. The summed E-state index contributed by atoms with van der Waals surface area (Å²) in [5, 5.41) is 3.33. The molecule has 31 heavy (non-hydrogen) atoms. The van der Waals surface area contributed by atoms with Crippen LogP contribution in [0.5, 0.6) is 0 Å². The molecular formula is C25H35N3O2S. The maximum Gasteiger partial charge on any atom is 0.247 e. The molecule has 1 aromatic carbocycles. The molecule has 4 saturated carbocycles. The minimum Gasteiger partial charge on any atom is -0.369 e. The molecule has 0 radical (unpaired) electrons. The summed E-state index contributed by atoms with van der Waals surface area (Å²) in [6.07, 6.45) is 4.98. The third-order valence-electron chi connectivity index (χ3n) is 8.35. The number of nitrogens with zero attached hydrogens (tertiary/aromatic N) is 1. The maximum absolute atomic E-state index is 13.3. The fraction of sp³-hybridized carbons (Fsp3) is 0.680. The summed E-state index contributed by atoms with van der Waals surface area (Å²) in [5.74, 6) is 3.00. The van der Waals surface area contributed by atoms with Crippen LogP contribution in [0, 0.1) is 23.2 Å². The van der Waals surface area contributed by atoms with Crippen LogP contribution < -0.4 is 11.1 Å². The van der Waals surface area contributed by atoms with Gasteiger partial charge in [0, 0.05) is 30.3 Å². The zero-order chi connectivity index (χ0) is 21.8. The SMILES string of the molecule is CC(C)c1ccc(CN2CCSC2C(=O)NC2C3CC4CC2CC(C(N)=O)(C4)C3)cc1. The second-order valence-electron chi connectivity index (χ2n) is 10.7. The number of hydrogen-bond donors (Lipinski definition) is 2. The zero-order valence-electron chi connectivity index (χ0n) is 18.7. The van der Waals surface area contributed by atoms with E-state index >= 15 is 0 Å². The summed E-state index contributed by atoms with van der Waals surface area (Å²) in [5.41, 5.74) is 8.14. The highest BCUT2D eigenvalue weighted by atomic mass is 32.2. The van der Waals surface area contributed by atoms with E-state index in [1.807, 2.05) is 0 Å². The first-order valence-corrected chi connectivity index (χ1v) is 12.9. The lowest BCUT2D eigenvalue weighted by Crippen LogP contribution is -2.63. The fourth-order valence-electron chi connectivity index (χ4n) is 6.95. The van der Waals surface area contributed by atoms with E-state index in [1.54, 1.807) is 11.8 Å². The number of nitrogens with one attached hydrogen (secondary N) is 1. The van der Waals surface area contributed by atoms with Crippen molar-refractivity contribution in [3.8, 4) is 0 Å². The van der Waals surface area contributed by atoms with Gasteiger partial charge in [-0.1, -0.05) is 38.1 Å². The Bertz CT molecular complexity index is 839. The van der Waals surface area contributed by atoms with E-state index < -0.39 is 0 Å². The van der Waals surface area contributed by atoms with Crippen molar-refractivity contribution in [3.05, 3.63) is 35.4 Å². The highest BCUT2D eigenvalue weighted by molar-refractivity contribution is 8.00. The highest BCUT2D eigenvalue weighted by Gasteiger charge is 2.58. The quantitative estimate of drug-likeness (QED) is 0.709. The van der Waals surface area contributed by atoms with Gasteiger partial charge in [0.1, 0.15) is 5.37 Å². The van der Waals surface area contributed by atoms with E-state index in [4.69, 9.17) is 5.73 Å². The number of hydrogen-bond acceptors (Lipinski definition) is 4. The molecule has 1 aromatic rings. The topological polar surface area (TPSA) is 75.4 Å². The summed E-state index contributed by atoms with van der Waals surface area (Å²) in [4.78, 5) is 27.8. The lowest BCUT2D eigenvalue weighted by atomic mass is 9.47. The van der Waals surface area contributed by atoms with Gasteiger partial charge in [0.25, 0.3) is 0 Å². The standard InChI is InChI=1S/C25H35N3O2S/c1-15(2)18-5-3-16(4-6-18)14-28-7-8-31-23(28)22(29)27-21-19-9-17-10-20(21)13-25(11-17,12-19)24(26)30/h3-6,15,17,19-21,23H,7-14H2,1-2H3,(H2,26,30)(H,27,29). The van der Waals surface area contributed by atoms with Gasteiger partial charge in [0.15, 0.2) is 0 Å². The summed E-state index contributed by atoms with van der Waals surface area (Å²) in [6, 6.07) is 9.04. The highest BCUT2D eigenvalue weighted by Crippen LogP contribution is 2.60. The summed E-state index contributed by atoms with van der Waals surface area (Å²) < 4.78 is 0. The normalized spacial score (nSPS) is 36.8. The molecule has 1 saturated heterocycles. The summed E-state index contributed by atoms with van der Waals surface area (Å²) in [7, 11) is 0. The molecule has 1 heterocycles. The average molecular weight is 442 g/mol. The van der Waals surface area contributed by atoms with Crippen LogP contribution in [0.4, 0.5) is 0 Å². The first kappa shape index (κ1) is 21.3. The Morgan fingerprint density at radius 3 is 2.45 bits per heavy atom. The second-order valence-corrected chi connectivity index (χ2v) is 11.9. The number of nitrogens with two attached hydrogens (primary N) is 1. The Morgan fingerprint density at radius 1 is 1.16 bits per heavy atom. The minimum atomic E-state index is -0.298. The van der Waals surface area contributed by atoms with Gasteiger partial charge >= 0.3 is 0 Å². The van der Waals surface area contributed by atoms with Gasteiger partial charge in [0.05, 0.1) is 0 Å². The van der Waals surface area contributed by atoms with Crippen molar-refractivity contribution in [1.29, 1.82) is 0 Å². The monoisotopic (exact) mass is 441 g/mol. The number of carbonyl (C=O) groups is 2. The Balaban J connectivity index is 1.24. The molecule has 4 aliphatic carbocycles. The van der Waals surface area contributed by atoms with Crippen molar-refractivity contribution in [3.63, 3.8) is 0 Å². The van der Waals surface area contributed by atoms with Crippen LogP contribution in [0.25, 0.3) is 0 Å². The van der Waals surface area contributed by atoms with Crippen LogP contribution >= 0.6 is 11.8 Å². The second kappa shape index (κ2) is 8.11. The van der Waals surface area contributed by atoms with Crippen molar-refractivity contribution in [2.45, 2.75) is 69.8 Å². The number of thioether (sulfide) groups is 1. The molecule has 1 aliphatic heterocycles. The van der Waals surface area contributed by atoms with Crippen LogP contribution in [0.1, 0.15) is 63.0 Å². The zero-order valence-corrected chi connectivity index (χ0v) is 19.5. The van der Waals surface area contributed by atoms with E-state index in [0.29, 0.717) is 23.7 Å². The van der Waals surface area contributed by atoms with Gasteiger partial charge in [-0.3, -0.25) is 14.5 Å². The van der Waals surface area contributed by atoms with E-state index in [0.717, 1.165) is 50.9 Å². The summed E-state index contributed by atoms with van der Waals surface area (Å²) >= 11 is 1.76. The van der Waals surface area contributed by atoms with E-state index in [2.05, 4.69) is 48.3 Å². The lowest BCUT2D eigenvalue weighted by Gasteiger charge is -2.58. The average Bonchev–Trinajstić information content (AvgIpc) is 3.18. The molecule has 4 bridgehead atoms. The molecule has 3 unspecified atom stereocenters. The number of amides is 2. The van der Waals surface area contributed by atoms with E-state index in [1.165, 1.54) is 11.1 Å². The van der Waals surface area contributed by atoms with E-state index in [9.17, 15) is 9.59 Å². The number of rotatable bonds is 6. The Labute approximate surface area is 189 Å². The molecule has 6 heteroatoms. The molecule has 5 nitrogen and oxygen atoms in total. The van der Waals surface area contributed by atoms with Gasteiger partial charge in [-0.2, -0.15) is 0 Å². The Kier molecular flexibility index (Phi) is 5.58. The van der Waals surface area contributed by atoms with Gasteiger partial charge in [-0.25, -0.2) is 0 Å². The largest absolute Gasteiger partial charge is 0.369 e. The van der Waals surface area contributed by atoms with Gasteiger partial charge in [0.2, 0.25) is 11.8 Å². The van der Waals surface area contributed by atoms with Crippen molar-refractivity contribution in [1.82, 2.24) is 10.2 Å². The van der Waals surface area contributed by atoms with Crippen LogP contribution in [0.3, 0.4) is 0 Å². The van der Waals surface area contributed by atoms with Gasteiger partial charge in [-0.15, -0.1) is 11.8 Å². The smallest absolute Gasteiger partial charge is 0.247 e. The predicted molar refractivity (Wildman–Crippen MR) is 124 cm³/mol. The van der Waals surface area contributed by atoms with Crippen molar-refractivity contribution in [2.75, 3.05) is 12.3 Å². The van der Waals surface area contributed by atoms with Crippen molar-refractivity contribution < 1.29 is 9.59 Å². The molecule has 0 aromatic heterocycles. The van der Waals surface area contributed by atoms with Gasteiger partial charge in [-0.05, 0) is 66.9 Å². The molecule has 5 fully saturated rings. The third kappa shape index (κ3) is 3.91. The Hall–Kier alpha value is -1.53. The third-order valence-corrected chi connectivity index (χ3v) is 9.59. The minimum absolute atomic E-state index is 0.113. The summed E-state index contributed by atoms with van der Waals surface area (Å²) in [6.45, 7) is 6.18. The van der Waals surface area contributed by atoms with Crippen molar-refractivity contribution in [2.24, 2.45) is 28.9 Å². The predicted octanol–water partition coefficient (Wildman–Crippen LogP) is 3.48. The van der Waals surface area contributed by atoms with Gasteiger partial charge < -0.3 is 11.1 Å². The first-order chi connectivity index (χ1) is 14.8. The lowest BCUT2D eigenvalue weighted by molar-refractivity contribution is -0.147. The Morgan fingerprint density at radius 2 is 1.84 bits per heavy atom. The first-order valence-electron chi connectivity index (χ1n) is 11.9. The molecular weight excluding hydrogens is 406 g/mol. The molecule has 0 spiro atoms. The number of benzene rings is 1. The molecule has 2 amide bonds. The van der Waals surface area contributed by atoms with Crippen LogP contribution in [-0.4, -0.2) is 40.4 Å². The van der Waals surface area contributed by atoms with Crippen LogP contribution in [0.2, 0.25) is 0 Å². The van der Waals surface area contributed by atoms with E-state index in [-0.39, 0.29) is 28.6 Å². The van der Waals surface area contributed by atoms with Crippen molar-refractivity contribution >= 4 is 23.6 Å². The molecule has 168 valence electrons. The molecule has 3 atom stereocenters. The molecule has 6 rings (SSSR count). The van der Waals surface area contributed by atoms with Crippen LogP contribution in [-0.2, 0) is 16.1 Å². The molecule has 3 N–H and O–H groups in total. The van der Waals surface area contributed by atoms with Crippen LogP contribution in [0.15, 0.2) is 24.3 Å². The fourth-order valence-corrected chi connectivity index (χ4v) is 8.12. The number of primary amides is 1. The molecule has 5 aliphatic rings. The maximum atomic E-state index is 13.3.